The Morgan fingerprint density at radius 1 is 1.10 bits per heavy atom. The predicted molar refractivity (Wildman–Crippen MR) is 87.9 cm³/mol. The highest BCUT2D eigenvalue weighted by Crippen LogP contribution is 2.37. The minimum Gasteiger partial charge on any atom is -0.399 e. The molecule has 0 unspecified atom stereocenters. The fourth-order valence-electron chi connectivity index (χ4n) is 3.46. The molecule has 1 aromatic carbocycles. The first-order valence-electron chi connectivity index (χ1n) is 8.25. The zero-order valence-corrected chi connectivity index (χ0v) is 13.2. The van der Waals surface area contributed by atoms with Crippen LogP contribution in [-0.4, -0.2) is 24.5 Å². The van der Waals surface area contributed by atoms with Crippen molar-refractivity contribution in [2.24, 2.45) is 5.41 Å². The Hall–Kier alpha value is -1.02. The van der Waals surface area contributed by atoms with Crippen LogP contribution in [0.15, 0.2) is 24.3 Å². The third-order valence-electron chi connectivity index (χ3n) is 5.39. The number of nitrogens with zero attached hydrogens (tertiary/aromatic N) is 1. The molecule has 1 fully saturated rings. The molecule has 1 heterocycles. The lowest BCUT2D eigenvalue weighted by Gasteiger charge is -2.41. The minimum atomic E-state index is 0.639. The first-order chi connectivity index (χ1) is 9.69. The van der Waals surface area contributed by atoms with Crippen molar-refractivity contribution in [2.45, 2.75) is 52.4 Å². The summed E-state index contributed by atoms with van der Waals surface area (Å²) in [4.78, 5) is 2.64. The largest absolute Gasteiger partial charge is 0.399 e. The quantitative estimate of drug-likeness (QED) is 0.791. The number of hydrogen-bond acceptors (Lipinski definition) is 2. The highest BCUT2D eigenvalue weighted by molar-refractivity contribution is 5.46. The average Bonchev–Trinajstić information content (AvgIpc) is 2.50. The normalized spacial score (nSPS) is 19.1. The van der Waals surface area contributed by atoms with E-state index in [0.717, 1.165) is 12.1 Å². The highest BCUT2D eigenvalue weighted by Gasteiger charge is 2.30. The monoisotopic (exact) mass is 274 g/mol. The van der Waals surface area contributed by atoms with Gasteiger partial charge >= 0.3 is 0 Å². The zero-order chi connectivity index (χ0) is 14.4. The van der Waals surface area contributed by atoms with E-state index in [-0.39, 0.29) is 0 Å². The molecule has 2 rings (SSSR count). The molecule has 2 heteroatoms. The van der Waals surface area contributed by atoms with E-state index in [0.29, 0.717) is 5.41 Å². The van der Waals surface area contributed by atoms with Crippen molar-refractivity contribution < 1.29 is 0 Å². The van der Waals surface area contributed by atoms with Gasteiger partial charge in [-0.3, -0.25) is 0 Å². The van der Waals surface area contributed by atoms with E-state index in [1.165, 1.54) is 57.3 Å². The van der Waals surface area contributed by atoms with E-state index < -0.39 is 0 Å². The first kappa shape index (κ1) is 15.4. The van der Waals surface area contributed by atoms with Gasteiger partial charge in [-0.15, -0.1) is 0 Å². The Morgan fingerprint density at radius 2 is 1.75 bits per heavy atom. The summed E-state index contributed by atoms with van der Waals surface area (Å²) in [5.41, 5.74) is 8.89. The van der Waals surface area contributed by atoms with Gasteiger partial charge in [-0.2, -0.15) is 0 Å². The molecule has 0 spiro atoms. The lowest BCUT2D eigenvalue weighted by Crippen LogP contribution is -2.40. The summed E-state index contributed by atoms with van der Waals surface area (Å²) in [5.74, 6) is 0. The lowest BCUT2D eigenvalue weighted by atomic mass is 9.74. The van der Waals surface area contributed by atoms with Crippen LogP contribution in [0.4, 0.5) is 5.69 Å². The smallest absolute Gasteiger partial charge is 0.0346 e. The molecule has 1 saturated heterocycles. The number of aryl methyl sites for hydroxylation is 1. The molecule has 0 amide bonds. The Kier molecular flexibility index (Phi) is 5.47. The maximum Gasteiger partial charge on any atom is 0.0346 e. The number of benzene rings is 1. The van der Waals surface area contributed by atoms with Crippen LogP contribution in [0.1, 0.15) is 51.5 Å². The Morgan fingerprint density at radius 3 is 2.35 bits per heavy atom. The van der Waals surface area contributed by atoms with Crippen molar-refractivity contribution in [3.63, 3.8) is 0 Å². The van der Waals surface area contributed by atoms with Gasteiger partial charge in [0.2, 0.25) is 0 Å². The molecule has 1 aromatic rings. The number of hydrogen-bond donors (Lipinski definition) is 1. The fraction of sp³-hybridized carbons (Fsp3) is 0.667. The topological polar surface area (TPSA) is 29.3 Å². The molecule has 2 nitrogen and oxygen atoms in total. The summed E-state index contributed by atoms with van der Waals surface area (Å²) in [6.45, 7) is 8.50. The van der Waals surface area contributed by atoms with Gasteiger partial charge in [-0.25, -0.2) is 0 Å². The molecule has 0 aromatic heterocycles. The molecule has 0 saturated carbocycles. The maximum atomic E-state index is 6.00. The molecule has 0 atom stereocenters. The second-order valence-electron chi connectivity index (χ2n) is 6.35. The van der Waals surface area contributed by atoms with Gasteiger partial charge in [0.1, 0.15) is 0 Å². The van der Waals surface area contributed by atoms with Gasteiger partial charge < -0.3 is 10.6 Å². The van der Waals surface area contributed by atoms with E-state index in [4.69, 9.17) is 5.73 Å². The van der Waals surface area contributed by atoms with Gasteiger partial charge in [0, 0.05) is 5.69 Å². The molecule has 2 N–H and O–H groups in total. The van der Waals surface area contributed by atoms with E-state index >= 15 is 0 Å². The van der Waals surface area contributed by atoms with Gasteiger partial charge in [-0.1, -0.05) is 44.9 Å². The van der Waals surface area contributed by atoms with Crippen molar-refractivity contribution in [3.05, 3.63) is 29.8 Å². The molecule has 0 bridgehead atoms. The summed E-state index contributed by atoms with van der Waals surface area (Å²) in [6.07, 6.45) is 7.78. The Balaban J connectivity index is 1.73. The summed E-state index contributed by atoms with van der Waals surface area (Å²) < 4.78 is 0. The summed E-state index contributed by atoms with van der Waals surface area (Å²) >= 11 is 0. The maximum absolute atomic E-state index is 6.00. The van der Waals surface area contributed by atoms with Crippen LogP contribution >= 0.6 is 0 Å². The Bertz CT molecular complexity index is 400. The summed E-state index contributed by atoms with van der Waals surface area (Å²) in [6, 6.07) is 8.26. The van der Waals surface area contributed by atoms with E-state index in [1.54, 1.807) is 0 Å². The number of likely N-dealkylation sites (tertiary alicyclic amines) is 1. The van der Waals surface area contributed by atoms with Crippen LogP contribution in [0.5, 0.6) is 0 Å². The van der Waals surface area contributed by atoms with Gasteiger partial charge in [0.15, 0.2) is 0 Å². The number of para-hydroxylation sites is 1. The fourth-order valence-corrected chi connectivity index (χ4v) is 3.46. The molecule has 20 heavy (non-hydrogen) atoms. The van der Waals surface area contributed by atoms with Gasteiger partial charge in [0.05, 0.1) is 0 Å². The molecular formula is C18H30N2. The second-order valence-corrected chi connectivity index (χ2v) is 6.35. The van der Waals surface area contributed by atoms with Crippen LogP contribution in [0.2, 0.25) is 0 Å². The third kappa shape index (κ3) is 3.76. The summed E-state index contributed by atoms with van der Waals surface area (Å²) in [5, 5.41) is 0. The van der Waals surface area contributed by atoms with E-state index in [9.17, 15) is 0 Å². The predicted octanol–water partition coefficient (Wildman–Crippen LogP) is 4.10. The number of piperidine rings is 1. The number of anilines is 1. The second kappa shape index (κ2) is 7.12. The van der Waals surface area contributed by atoms with Gasteiger partial charge in [0.25, 0.3) is 0 Å². The van der Waals surface area contributed by atoms with Crippen molar-refractivity contribution in [1.29, 1.82) is 0 Å². The van der Waals surface area contributed by atoms with Crippen molar-refractivity contribution in [2.75, 3.05) is 25.4 Å². The molecule has 0 aliphatic carbocycles. The highest BCUT2D eigenvalue weighted by atomic mass is 15.1. The van der Waals surface area contributed by atoms with Crippen molar-refractivity contribution in [1.82, 2.24) is 4.90 Å². The Labute approximate surface area is 124 Å². The van der Waals surface area contributed by atoms with Crippen LogP contribution in [-0.2, 0) is 6.42 Å². The number of nitrogens with two attached hydrogens (primary N) is 1. The summed E-state index contributed by atoms with van der Waals surface area (Å²) in [7, 11) is 0. The van der Waals surface area contributed by atoms with E-state index in [1.807, 2.05) is 12.1 Å². The molecule has 0 radical (unpaired) electrons. The number of rotatable bonds is 6. The van der Waals surface area contributed by atoms with Crippen LogP contribution in [0.25, 0.3) is 0 Å². The van der Waals surface area contributed by atoms with Crippen LogP contribution in [0, 0.1) is 5.41 Å². The van der Waals surface area contributed by atoms with Crippen molar-refractivity contribution >= 4 is 5.69 Å². The first-order valence-corrected chi connectivity index (χ1v) is 8.25. The lowest BCUT2D eigenvalue weighted by molar-refractivity contribution is 0.0948. The molecule has 1 aliphatic heterocycles. The zero-order valence-electron chi connectivity index (χ0n) is 13.2. The SMILES string of the molecule is CCC1(CC)CCN(CCCc2ccccc2N)CC1. The number of nitrogen functional groups attached to an aromatic ring is 1. The molecule has 1 aliphatic rings. The van der Waals surface area contributed by atoms with Gasteiger partial charge in [-0.05, 0) is 62.4 Å². The van der Waals surface area contributed by atoms with Crippen LogP contribution < -0.4 is 5.73 Å². The molecular weight excluding hydrogens is 244 g/mol. The average molecular weight is 274 g/mol. The minimum absolute atomic E-state index is 0.639. The van der Waals surface area contributed by atoms with E-state index in [2.05, 4.69) is 30.9 Å². The standard InChI is InChI=1S/C18H30N2/c1-3-18(4-2)11-14-20(15-12-18)13-7-9-16-8-5-6-10-17(16)19/h5-6,8,10H,3-4,7,9,11-15,19H2,1-2H3. The third-order valence-corrected chi connectivity index (χ3v) is 5.39. The molecule has 112 valence electrons. The van der Waals surface area contributed by atoms with Crippen molar-refractivity contribution in [3.8, 4) is 0 Å². The van der Waals surface area contributed by atoms with Crippen LogP contribution in [0.3, 0.4) is 0 Å².